The van der Waals surface area contributed by atoms with Crippen LogP contribution in [0, 0.1) is 5.92 Å². The van der Waals surface area contributed by atoms with Crippen LogP contribution in [-0.2, 0) is 6.54 Å². The SMILES string of the molecule is CCn1ncc(OC)c1C(=O)C(O)C1CCCCC1. The Kier molecular flexibility index (Phi) is 4.58. The normalized spacial score (nSPS) is 18.3. The van der Waals surface area contributed by atoms with E-state index in [9.17, 15) is 9.90 Å². The number of ether oxygens (including phenoxy) is 1. The maximum atomic E-state index is 12.5. The summed E-state index contributed by atoms with van der Waals surface area (Å²) in [5.74, 6) is 0.260. The van der Waals surface area contributed by atoms with Crippen LogP contribution in [0.2, 0.25) is 0 Å². The molecule has 1 atom stereocenters. The Morgan fingerprint density at radius 2 is 2.21 bits per heavy atom. The smallest absolute Gasteiger partial charge is 0.213 e. The van der Waals surface area contributed by atoms with E-state index < -0.39 is 6.10 Å². The fourth-order valence-corrected chi connectivity index (χ4v) is 2.81. The second-order valence-corrected chi connectivity index (χ2v) is 5.08. The Labute approximate surface area is 113 Å². The molecule has 106 valence electrons. The van der Waals surface area contributed by atoms with Gasteiger partial charge in [-0.2, -0.15) is 5.10 Å². The molecule has 1 aliphatic carbocycles. The van der Waals surface area contributed by atoms with Crippen LogP contribution in [0.5, 0.6) is 5.75 Å². The molecule has 1 aromatic rings. The number of aliphatic hydroxyl groups excluding tert-OH is 1. The van der Waals surface area contributed by atoms with E-state index in [-0.39, 0.29) is 11.7 Å². The molecule has 5 nitrogen and oxygen atoms in total. The van der Waals surface area contributed by atoms with Gasteiger partial charge in [-0.25, -0.2) is 0 Å². The first-order valence-corrected chi connectivity index (χ1v) is 7.01. The summed E-state index contributed by atoms with van der Waals surface area (Å²) in [6.45, 7) is 2.50. The number of methoxy groups -OCH3 is 1. The van der Waals surface area contributed by atoms with Crippen LogP contribution in [0.4, 0.5) is 0 Å². The quantitative estimate of drug-likeness (QED) is 0.828. The lowest BCUT2D eigenvalue weighted by atomic mass is 9.83. The van der Waals surface area contributed by atoms with Gasteiger partial charge in [0.1, 0.15) is 11.8 Å². The molecule has 0 aromatic carbocycles. The molecule has 2 rings (SSSR count). The van der Waals surface area contributed by atoms with E-state index in [0.717, 1.165) is 25.7 Å². The minimum Gasteiger partial charge on any atom is -0.493 e. The van der Waals surface area contributed by atoms with Crippen molar-refractivity contribution in [1.82, 2.24) is 9.78 Å². The zero-order valence-electron chi connectivity index (χ0n) is 11.6. The van der Waals surface area contributed by atoms with Crippen molar-refractivity contribution in [3.63, 3.8) is 0 Å². The Balaban J connectivity index is 2.20. The molecule has 0 radical (unpaired) electrons. The maximum Gasteiger partial charge on any atom is 0.213 e. The van der Waals surface area contributed by atoms with Crippen LogP contribution < -0.4 is 4.74 Å². The monoisotopic (exact) mass is 266 g/mol. The number of aliphatic hydroxyl groups is 1. The Morgan fingerprint density at radius 1 is 1.53 bits per heavy atom. The second kappa shape index (κ2) is 6.19. The molecule has 1 aromatic heterocycles. The molecule has 1 saturated carbocycles. The summed E-state index contributed by atoms with van der Waals surface area (Å²) in [5.41, 5.74) is 0.392. The van der Waals surface area contributed by atoms with Gasteiger partial charge < -0.3 is 9.84 Å². The molecule has 0 bridgehead atoms. The summed E-state index contributed by atoms with van der Waals surface area (Å²) in [6, 6.07) is 0. The van der Waals surface area contributed by atoms with E-state index >= 15 is 0 Å². The molecule has 1 heterocycles. The van der Waals surface area contributed by atoms with Crippen molar-refractivity contribution in [2.45, 2.75) is 51.7 Å². The van der Waals surface area contributed by atoms with E-state index in [0.29, 0.717) is 18.0 Å². The van der Waals surface area contributed by atoms with Crippen molar-refractivity contribution in [2.75, 3.05) is 7.11 Å². The molecule has 0 spiro atoms. The van der Waals surface area contributed by atoms with E-state index in [4.69, 9.17) is 4.74 Å². The lowest BCUT2D eigenvalue weighted by Crippen LogP contribution is -2.32. The van der Waals surface area contributed by atoms with Crippen LogP contribution in [0.25, 0.3) is 0 Å². The van der Waals surface area contributed by atoms with Crippen LogP contribution in [0.15, 0.2) is 6.20 Å². The van der Waals surface area contributed by atoms with Crippen molar-refractivity contribution in [2.24, 2.45) is 5.92 Å². The van der Waals surface area contributed by atoms with Crippen LogP contribution in [-0.4, -0.2) is 33.9 Å². The molecular weight excluding hydrogens is 244 g/mol. The molecule has 19 heavy (non-hydrogen) atoms. The van der Waals surface area contributed by atoms with Crippen molar-refractivity contribution >= 4 is 5.78 Å². The Bertz CT molecular complexity index is 414. The Morgan fingerprint density at radius 3 is 2.79 bits per heavy atom. The maximum absolute atomic E-state index is 12.5. The van der Waals surface area contributed by atoms with Gasteiger partial charge in [-0.3, -0.25) is 9.48 Å². The Hall–Kier alpha value is -1.36. The predicted molar refractivity (Wildman–Crippen MR) is 71.4 cm³/mol. The van der Waals surface area contributed by atoms with Gasteiger partial charge in [0.05, 0.1) is 13.3 Å². The number of carbonyl (C=O) groups excluding carboxylic acids is 1. The zero-order chi connectivity index (χ0) is 13.8. The summed E-state index contributed by atoms with van der Waals surface area (Å²) in [5, 5.41) is 14.4. The molecule has 1 unspecified atom stereocenters. The van der Waals surface area contributed by atoms with E-state index in [1.807, 2.05) is 6.92 Å². The third-order valence-corrected chi connectivity index (χ3v) is 3.92. The molecule has 1 fully saturated rings. The van der Waals surface area contributed by atoms with Gasteiger partial charge in [0.2, 0.25) is 5.78 Å². The van der Waals surface area contributed by atoms with Crippen molar-refractivity contribution < 1.29 is 14.6 Å². The van der Waals surface area contributed by atoms with E-state index in [1.54, 1.807) is 4.68 Å². The summed E-state index contributed by atoms with van der Waals surface area (Å²) < 4.78 is 6.76. The average Bonchev–Trinajstić information content (AvgIpc) is 2.89. The summed E-state index contributed by atoms with van der Waals surface area (Å²) in [6.07, 6.45) is 5.84. The predicted octanol–water partition coefficient (Wildman–Crippen LogP) is 2.04. The number of rotatable bonds is 5. The highest BCUT2D eigenvalue weighted by molar-refractivity contribution is 6.00. The number of aromatic nitrogens is 2. The molecule has 0 amide bonds. The molecule has 5 heteroatoms. The van der Waals surface area contributed by atoms with Crippen molar-refractivity contribution in [3.05, 3.63) is 11.9 Å². The molecule has 0 aliphatic heterocycles. The minimum atomic E-state index is -0.934. The largest absolute Gasteiger partial charge is 0.493 e. The third-order valence-electron chi connectivity index (χ3n) is 3.92. The lowest BCUT2D eigenvalue weighted by Gasteiger charge is -2.25. The van der Waals surface area contributed by atoms with Gasteiger partial charge in [-0.05, 0) is 25.7 Å². The average molecular weight is 266 g/mol. The number of Topliss-reactive ketones (excluding diaryl/α,β-unsaturated/α-hetero) is 1. The van der Waals surface area contributed by atoms with Crippen LogP contribution in [0.1, 0.15) is 49.5 Å². The highest BCUT2D eigenvalue weighted by atomic mass is 16.5. The van der Waals surface area contributed by atoms with Gasteiger partial charge in [-0.1, -0.05) is 19.3 Å². The lowest BCUT2D eigenvalue weighted by molar-refractivity contribution is 0.0521. The van der Waals surface area contributed by atoms with E-state index in [2.05, 4.69) is 5.10 Å². The van der Waals surface area contributed by atoms with Crippen molar-refractivity contribution in [1.29, 1.82) is 0 Å². The van der Waals surface area contributed by atoms with Gasteiger partial charge in [0.25, 0.3) is 0 Å². The van der Waals surface area contributed by atoms with E-state index in [1.165, 1.54) is 19.7 Å². The number of carbonyl (C=O) groups is 1. The number of hydrogen-bond acceptors (Lipinski definition) is 4. The number of ketones is 1. The number of nitrogens with zero attached hydrogens (tertiary/aromatic N) is 2. The molecule has 1 aliphatic rings. The highest BCUT2D eigenvalue weighted by Gasteiger charge is 2.32. The fourth-order valence-electron chi connectivity index (χ4n) is 2.81. The molecule has 1 N–H and O–H groups in total. The van der Waals surface area contributed by atoms with Crippen LogP contribution >= 0.6 is 0 Å². The first-order chi connectivity index (χ1) is 9.19. The first-order valence-electron chi connectivity index (χ1n) is 7.01. The van der Waals surface area contributed by atoms with Gasteiger partial charge >= 0.3 is 0 Å². The summed E-state index contributed by atoms with van der Waals surface area (Å²) in [7, 11) is 1.51. The standard InChI is InChI=1S/C14H22N2O3/c1-3-16-12(11(19-2)9-15-16)14(18)13(17)10-7-5-4-6-8-10/h9-10,13,17H,3-8H2,1-2H3. The fraction of sp³-hybridized carbons (Fsp3) is 0.714. The van der Waals surface area contributed by atoms with Crippen LogP contribution in [0.3, 0.4) is 0 Å². The first kappa shape index (κ1) is 14.1. The topological polar surface area (TPSA) is 64.4 Å². The summed E-state index contributed by atoms with van der Waals surface area (Å²) >= 11 is 0. The van der Waals surface area contributed by atoms with Crippen molar-refractivity contribution in [3.8, 4) is 5.75 Å². The number of hydrogen-bond donors (Lipinski definition) is 1. The second-order valence-electron chi connectivity index (χ2n) is 5.08. The minimum absolute atomic E-state index is 0.0752. The zero-order valence-corrected chi connectivity index (χ0v) is 11.6. The summed E-state index contributed by atoms with van der Waals surface area (Å²) in [4.78, 5) is 12.5. The molecular formula is C14H22N2O3. The van der Waals surface area contributed by atoms with Gasteiger partial charge in [0, 0.05) is 6.54 Å². The number of aryl methyl sites for hydroxylation is 1. The highest BCUT2D eigenvalue weighted by Crippen LogP contribution is 2.29. The van der Waals surface area contributed by atoms with Gasteiger partial charge in [0.15, 0.2) is 5.75 Å². The molecule has 0 saturated heterocycles. The third kappa shape index (κ3) is 2.81. The van der Waals surface area contributed by atoms with Gasteiger partial charge in [-0.15, -0.1) is 0 Å².